The molecule has 0 saturated carbocycles. The first kappa shape index (κ1) is 21.3. The maximum atomic E-state index is 14.0. The number of fused-ring (bicyclic) bond motifs is 1. The van der Waals surface area contributed by atoms with Crippen LogP contribution in [0.25, 0.3) is 22.0 Å². The van der Waals surface area contributed by atoms with Gasteiger partial charge >= 0.3 is 0 Å². The lowest BCUT2D eigenvalue weighted by Gasteiger charge is -2.26. The van der Waals surface area contributed by atoms with Crippen LogP contribution in [-0.4, -0.2) is 28.9 Å². The molecule has 33 heavy (non-hydrogen) atoms. The van der Waals surface area contributed by atoms with Gasteiger partial charge in [-0.2, -0.15) is 0 Å². The highest BCUT2D eigenvalue weighted by Gasteiger charge is 2.12. The van der Waals surface area contributed by atoms with Gasteiger partial charge in [0.25, 0.3) is 5.91 Å². The number of likely N-dealkylation sites (tertiary alicyclic amines) is 1. The first-order valence-electron chi connectivity index (χ1n) is 11.4. The number of benzene rings is 3. The van der Waals surface area contributed by atoms with Crippen LogP contribution in [0.4, 0.5) is 10.1 Å². The average molecular weight is 440 g/mol. The molecule has 4 nitrogen and oxygen atoms in total. The Bertz CT molecular complexity index is 1280. The Hall–Kier alpha value is -3.57. The Labute approximate surface area is 193 Å². The Kier molecular flexibility index (Phi) is 6.13. The molecule has 0 radical (unpaired) electrons. The molecule has 0 atom stereocenters. The Balaban J connectivity index is 1.27. The highest BCUT2D eigenvalue weighted by atomic mass is 19.1. The van der Waals surface area contributed by atoms with Crippen LogP contribution >= 0.6 is 0 Å². The number of halogens is 1. The van der Waals surface area contributed by atoms with E-state index in [9.17, 15) is 9.18 Å². The summed E-state index contributed by atoms with van der Waals surface area (Å²) in [5.41, 5.74) is 4.50. The van der Waals surface area contributed by atoms with E-state index in [1.807, 2.05) is 18.2 Å². The molecule has 3 aromatic carbocycles. The molecule has 0 spiro atoms. The summed E-state index contributed by atoms with van der Waals surface area (Å²) in [5, 5.41) is 3.94. The Morgan fingerprint density at radius 3 is 2.48 bits per heavy atom. The lowest BCUT2D eigenvalue weighted by Crippen LogP contribution is -2.29. The minimum absolute atomic E-state index is 0.205. The number of anilines is 1. The topological polar surface area (TPSA) is 45.2 Å². The minimum Gasteiger partial charge on any atom is -0.322 e. The Morgan fingerprint density at radius 2 is 1.70 bits per heavy atom. The zero-order chi connectivity index (χ0) is 22.6. The monoisotopic (exact) mass is 439 g/mol. The zero-order valence-corrected chi connectivity index (χ0v) is 18.4. The molecule has 1 fully saturated rings. The fourth-order valence-corrected chi connectivity index (χ4v) is 4.38. The van der Waals surface area contributed by atoms with Gasteiger partial charge < -0.3 is 5.32 Å². The van der Waals surface area contributed by atoms with Crippen molar-refractivity contribution in [3.63, 3.8) is 0 Å². The average Bonchev–Trinajstić information content (AvgIpc) is 2.85. The number of aromatic nitrogens is 1. The largest absolute Gasteiger partial charge is 0.322 e. The zero-order valence-electron chi connectivity index (χ0n) is 18.4. The molecule has 4 aromatic rings. The van der Waals surface area contributed by atoms with Crippen LogP contribution in [0.5, 0.6) is 0 Å². The fraction of sp³-hybridized carbons (Fsp3) is 0.214. The number of carbonyl (C=O) groups is 1. The molecule has 1 saturated heterocycles. The summed E-state index contributed by atoms with van der Waals surface area (Å²) in [5.74, 6) is -0.484. The summed E-state index contributed by atoms with van der Waals surface area (Å²) < 4.78 is 14.0. The quantitative estimate of drug-likeness (QED) is 0.398. The van der Waals surface area contributed by atoms with E-state index in [-0.39, 0.29) is 11.7 Å². The van der Waals surface area contributed by atoms with Crippen molar-refractivity contribution in [2.24, 2.45) is 0 Å². The van der Waals surface area contributed by atoms with Crippen LogP contribution in [0.1, 0.15) is 35.3 Å². The Morgan fingerprint density at radius 1 is 0.909 bits per heavy atom. The number of pyridine rings is 1. The smallest absolute Gasteiger partial charge is 0.255 e. The SMILES string of the molecule is O=C(Nc1ccc2nc(CN3CCCCC3)ccc2c1)c1ccc(-c2ccccc2F)cc1. The van der Waals surface area contributed by atoms with Gasteiger partial charge in [0.15, 0.2) is 0 Å². The third-order valence-corrected chi connectivity index (χ3v) is 6.17. The molecule has 1 aliphatic heterocycles. The normalized spacial score (nSPS) is 14.3. The highest BCUT2D eigenvalue weighted by molar-refractivity contribution is 6.05. The van der Waals surface area contributed by atoms with Crippen LogP contribution in [0.15, 0.2) is 78.9 Å². The molecule has 5 rings (SSSR count). The summed E-state index contributed by atoms with van der Waals surface area (Å²) in [6.07, 6.45) is 3.86. The van der Waals surface area contributed by atoms with E-state index in [4.69, 9.17) is 4.98 Å². The lowest BCUT2D eigenvalue weighted by molar-refractivity contribution is 0.102. The third-order valence-electron chi connectivity index (χ3n) is 6.17. The van der Waals surface area contributed by atoms with Crippen molar-refractivity contribution in [1.29, 1.82) is 0 Å². The van der Waals surface area contributed by atoms with E-state index in [1.54, 1.807) is 42.5 Å². The molecule has 0 aliphatic carbocycles. The number of carbonyl (C=O) groups excluding carboxylic acids is 1. The van der Waals surface area contributed by atoms with Gasteiger partial charge in [0.05, 0.1) is 11.2 Å². The number of piperidine rings is 1. The van der Waals surface area contributed by atoms with Crippen molar-refractivity contribution in [3.8, 4) is 11.1 Å². The van der Waals surface area contributed by atoms with Gasteiger partial charge in [-0.1, -0.05) is 42.8 Å². The van der Waals surface area contributed by atoms with Gasteiger partial charge in [0.1, 0.15) is 5.82 Å². The lowest BCUT2D eigenvalue weighted by atomic mass is 10.0. The van der Waals surface area contributed by atoms with Gasteiger partial charge in [-0.25, -0.2) is 4.39 Å². The predicted octanol–water partition coefficient (Wildman–Crippen LogP) is 6.28. The molecular formula is C28H26FN3O. The van der Waals surface area contributed by atoms with E-state index in [1.165, 1.54) is 25.3 Å². The van der Waals surface area contributed by atoms with E-state index in [2.05, 4.69) is 22.3 Å². The number of amides is 1. The molecule has 1 N–H and O–H groups in total. The summed E-state index contributed by atoms with van der Waals surface area (Å²) >= 11 is 0. The molecule has 5 heteroatoms. The van der Waals surface area contributed by atoms with Crippen LogP contribution in [0.3, 0.4) is 0 Å². The highest BCUT2D eigenvalue weighted by Crippen LogP contribution is 2.24. The first-order valence-corrected chi connectivity index (χ1v) is 11.4. The van der Waals surface area contributed by atoms with Crippen LogP contribution in [0.2, 0.25) is 0 Å². The molecule has 0 bridgehead atoms. The van der Waals surface area contributed by atoms with Gasteiger partial charge in [-0.15, -0.1) is 0 Å². The molecule has 1 aromatic heterocycles. The van der Waals surface area contributed by atoms with E-state index in [0.717, 1.165) is 47.5 Å². The minimum atomic E-state index is -0.279. The number of rotatable bonds is 5. The van der Waals surface area contributed by atoms with Gasteiger partial charge in [-0.3, -0.25) is 14.7 Å². The molecular weight excluding hydrogens is 413 g/mol. The number of hydrogen-bond donors (Lipinski definition) is 1. The van der Waals surface area contributed by atoms with Gasteiger partial charge in [-0.05, 0) is 74.0 Å². The number of nitrogens with zero attached hydrogens (tertiary/aromatic N) is 2. The molecule has 2 heterocycles. The molecule has 166 valence electrons. The third kappa shape index (κ3) is 4.94. The van der Waals surface area contributed by atoms with Crippen molar-refractivity contribution in [2.45, 2.75) is 25.8 Å². The maximum absolute atomic E-state index is 14.0. The van der Waals surface area contributed by atoms with Crippen molar-refractivity contribution in [1.82, 2.24) is 9.88 Å². The van der Waals surface area contributed by atoms with Crippen molar-refractivity contribution >= 4 is 22.5 Å². The maximum Gasteiger partial charge on any atom is 0.255 e. The van der Waals surface area contributed by atoms with E-state index < -0.39 is 0 Å². The van der Waals surface area contributed by atoms with Crippen LogP contribution in [-0.2, 0) is 6.54 Å². The number of nitrogens with one attached hydrogen (secondary N) is 1. The second-order valence-electron chi connectivity index (χ2n) is 8.56. The fourth-order valence-electron chi connectivity index (χ4n) is 4.38. The van der Waals surface area contributed by atoms with Gasteiger partial charge in [0.2, 0.25) is 0 Å². The summed E-state index contributed by atoms with van der Waals surface area (Å²) in [6, 6.07) is 23.5. The summed E-state index contributed by atoms with van der Waals surface area (Å²) in [7, 11) is 0. The summed E-state index contributed by atoms with van der Waals surface area (Å²) in [4.78, 5) is 20.0. The summed E-state index contributed by atoms with van der Waals surface area (Å²) in [6.45, 7) is 3.18. The number of hydrogen-bond acceptors (Lipinski definition) is 3. The van der Waals surface area contributed by atoms with Gasteiger partial charge in [0, 0.05) is 28.7 Å². The molecule has 1 aliphatic rings. The van der Waals surface area contributed by atoms with E-state index >= 15 is 0 Å². The van der Waals surface area contributed by atoms with Crippen LogP contribution < -0.4 is 5.32 Å². The van der Waals surface area contributed by atoms with E-state index in [0.29, 0.717) is 11.1 Å². The second-order valence-corrected chi connectivity index (χ2v) is 8.56. The van der Waals surface area contributed by atoms with Crippen molar-refractivity contribution < 1.29 is 9.18 Å². The van der Waals surface area contributed by atoms with Crippen molar-refractivity contribution in [3.05, 3.63) is 95.9 Å². The van der Waals surface area contributed by atoms with Crippen LogP contribution in [0, 0.1) is 5.82 Å². The predicted molar refractivity (Wildman–Crippen MR) is 131 cm³/mol. The molecule has 1 amide bonds. The molecule has 0 unspecified atom stereocenters. The standard InChI is InChI=1S/C28H26FN3O/c29-26-7-3-2-6-25(26)20-8-10-21(11-9-20)28(33)31-23-14-15-27-22(18-23)12-13-24(30-27)19-32-16-4-1-5-17-32/h2-3,6-15,18H,1,4-5,16-17,19H2,(H,31,33). The second kappa shape index (κ2) is 9.51. The van der Waals surface area contributed by atoms with Crippen molar-refractivity contribution in [2.75, 3.05) is 18.4 Å². The first-order chi connectivity index (χ1) is 16.2.